The van der Waals surface area contributed by atoms with Crippen LogP contribution < -0.4 is 10.6 Å². The van der Waals surface area contributed by atoms with Crippen molar-refractivity contribution in [2.75, 3.05) is 39.3 Å². The molecule has 1 saturated heterocycles. The van der Waals surface area contributed by atoms with Gasteiger partial charge in [0.15, 0.2) is 11.8 Å². The Balaban J connectivity index is 0.00000338. The lowest BCUT2D eigenvalue weighted by Crippen LogP contribution is -2.39. The smallest absolute Gasteiger partial charge is 0.226 e. The third kappa shape index (κ3) is 9.70. The Labute approximate surface area is 174 Å². The predicted molar refractivity (Wildman–Crippen MR) is 116 cm³/mol. The molecule has 0 bridgehead atoms. The third-order valence-electron chi connectivity index (χ3n) is 4.37. The molecule has 8 heteroatoms. The van der Waals surface area contributed by atoms with Crippen LogP contribution in [0.4, 0.5) is 0 Å². The maximum atomic E-state index is 5.12. The van der Waals surface area contributed by atoms with E-state index < -0.39 is 0 Å². The number of nitrogens with zero attached hydrogens (tertiary/aromatic N) is 4. The van der Waals surface area contributed by atoms with E-state index in [1.807, 2.05) is 6.92 Å². The number of aromatic nitrogens is 2. The second kappa shape index (κ2) is 14.2. The van der Waals surface area contributed by atoms with Crippen LogP contribution >= 0.6 is 24.0 Å². The molecule has 0 spiro atoms. The van der Waals surface area contributed by atoms with Gasteiger partial charge in [-0.25, -0.2) is 0 Å². The van der Waals surface area contributed by atoms with Gasteiger partial charge in [0.05, 0.1) is 0 Å². The van der Waals surface area contributed by atoms with E-state index in [9.17, 15) is 0 Å². The zero-order valence-corrected chi connectivity index (χ0v) is 18.6. The molecule has 0 amide bonds. The summed E-state index contributed by atoms with van der Waals surface area (Å²) < 4.78 is 5.12. The van der Waals surface area contributed by atoms with Gasteiger partial charge < -0.3 is 20.1 Å². The van der Waals surface area contributed by atoms with E-state index in [1.165, 1.54) is 45.3 Å². The van der Waals surface area contributed by atoms with Gasteiger partial charge in [0.2, 0.25) is 5.89 Å². The minimum atomic E-state index is 0. The third-order valence-corrected chi connectivity index (χ3v) is 4.37. The van der Waals surface area contributed by atoms with E-state index >= 15 is 0 Å². The Hall–Kier alpha value is -0.900. The predicted octanol–water partition coefficient (Wildman–Crippen LogP) is 2.75. The molecule has 2 heterocycles. The van der Waals surface area contributed by atoms with Crippen LogP contribution in [0, 0.1) is 6.92 Å². The van der Waals surface area contributed by atoms with Gasteiger partial charge in [-0.05, 0) is 59.2 Å². The first-order valence-electron chi connectivity index (χ1n) is 9.81. The molecule has 2 N–H and O–H groups in total. The van der Waals surface area contributed by atoms with E-state index in [2.05, 4.69) is 37.6 Å². The molecular formula is C18H35IN6O. The molecule has 0 radical (unpaired) electrons. The van der Waals surface area contributed by atoms with Crippen molar-refractivity contribution in [1.29, 1.82) is 0 Å². The maximum absolute atomic E-state index is 5.12. The Bertz CT molecular complexity index is 500. The summed E-state index contributed by atoms with van der Waals surface area (Å²) in [5.74, 6) is 2.29. The van der Waals surface area contributed by atoms with Crippen molar-refractivity contribution in [2.45, 2.75) is 58.8 Å². The molecule has 1 aliphatic rings. The standard InChI is InChI=1S/C18H34N6O.HI/c1-3-19-18(20-11-8-10-17-22-16(2)23-25-17)21-12-9-15-24-13-6-4-5-7-14-24;/h3-15H2,1-2H3,(H2,19,20,21);1H. The minimum Gasteiger partial charge on any atom is -0.357 e. The molecule has 0 aliphatic carbocycles. The minimum absolute atomic E-state index is 0. The van der Waals surface area contributed by atoms with Gasteiger partial charge >= 0.3 is 0 Å². The molecule has 26 heavy (non-hydrogen) atoms. The summed E-state index contributed by atoms with van der Waals surface area (Å²) >= 11 is 0. The maximum Gasteiger partial charge on any atom is 0.226 e. The monoisotopic (exact) mass is 478 g/mol. The van der Waals surface area contributed by atoms with Gasteiger partial charge in [0, 0.05) is 26.1 Å². The number of hydrogen-bond acceptors (Lipinski definition) is 5. The van der Waals surface area contributed by atoms with E-state index in [-0.39, 0.29) is 24.0 Å². The number of guanidine groups is 1. The normalized spacial score (nSPS) is 16.0. The molecule has 7 nitrogen and oxygen atoms in total. The highest BCUT2D eigenvalue weighted by Gasteiger charge is 2.08. The molecular weight excluding hydrogens is 443 g/mol. The SMILES string of the molecule is CCNC(=NCCCc1nc(C)no1)NCCCN1CCCCCC1.I. The average Bonchev–Trinajstić information content (AvgIpc) is 2.85. The molecule has 0 aromatic carbocycles. The second-order valence-electron chi connectivity index (χ2n) is 6.64. The molecule has 0 unspecified atom stereocenters. The molecule has 0 saturated carbocycles. The summed E-state index contributed by atoms with van der Waals surface area (Å²) in [6.07, 6.45) is 8.36. The number of nitrogens with one attached hydrogen (secondary N) is 2. The first-order chi connectivity index (χ1) is 12.3. The van der Waals surface area contributed by atoms with Gasteiger partial charge in [0.25, 0.3) is 0 Å². The summed E-state index contributed by atoms with van der Waals surface area (Å²) in [6.45, 7) is 10.2. The van der Waals surface area contributed by atoms with Crippen molar-refractivity contribution in [3.8, 4) is 0 Å². The molecule has 1 aromatic rings. The topological polar surface area (TPSA) is 78.6 Å². The molecule has 1 aliphatic heterocycles. The second-order valence-corrected chi connectivity index (χ2v) is 6.64. The Morgan fingerprint density at radius 3 is 2.58 bits per heavy atom. The van der Waals surface area contributed by atoms with Crippen molar-refractivity contribution in [3.05, 3.63) is 11.7 Å². The van der Waals surface area contributed by atoms with Crippen LogP contribution in [0.5, 0.6) is 0 Å². The van der Waals surface area contributed by atoms with Crippen LogP contribution in [0.1, 0.15) is 57.2 Å². The van der Waals surface area contributed by atoms with Crippen LogP contribution in [0.2, 0.25) is 0 Å². The number of aliphatic imine (C=N–C) groups is 1. The van der Waals surface area contributed by atoms with Crippen LogP contribution in [-0.2, 0) is 6.42 Å². The van der Waals surface area contributed by atoms with Crippen molar-refractivity contribution < 1.29 is 4.52 Å². The highest BCUT2D eigenvalue weighted by atomic mass is 127. The fourth-order valence-corrected chi connectivity index (χ4v) is 3.07. The highest BCUT2D eigenvalue weighted by Crippen LogP contribution is 2.09. The Kier molecular flexibility index (Phi) is 12.6. The molecule has 1 aromatic heterocycles. The molecule has 1 fully saturated rings. The van der Waals surface area contributed by atoms with Crippen molar-refractivity contribution in [3.63, 3.8) is 0 Å². The summed E-state index contributed by atoms with van der Waals surface area (Å²) in [5, 5.41) is 10.6. The average molecular weight is 478 g/mol. The van der Waals surface area contributed by atoms with Crippen LogP contribution in [-0.4, -0.2) is 60.3 Å². The first kappa shape index (κ1) is 23.1. The molecule has 150 valence electrons. The summed E-state index contributed by atoms with van der Waals surface area (Å²) in [7, 11) is 0. The number of aryl methyl sites for hydroxylation is 2. The summed E-state index contributed by atoms with van der Waals surface area (Å²) in [6, 6.07) is 0. The number of rotatable bonds is 9. The van der Waals surface area contributed by atoms with Crippen molar-refractivity contribution in [1.82, 2.24) is 25.7 Å². The lowest BCUT2D eigenvalue weighted by Gasteiger charge is -2.20. The van der Waals surface area contributed by atoms with Crippen molar-refractivity contribution in [2.24, 2.45) is 4.99 Å². The van der Waals surface area contributed by atoms with Crippen LogP contribution in [0.3, 0.4) is 0 Å². The van der Waals surface area contributed by atoms with Gasteiger partial charge in [-0.15, -0.1) is 24.0 Å². The zero-order chi connectivity index (χ0) is 17.7. The van der Waals surface area contributed by atoms with Crippen LogP contribution in [0.25, 0.3) is 0 Å². The van der Waals surface area contributed by atoms with E-state index in [1.54, 1.807) is 0 Å². The Morgan fingerprint density at radius 1 is 1.15 bits per heavy atom. The van der Waals surface area contributed by atoms with Crippen LogP contribution in [0.15, 0.2) is 9.52 Å². The summed E-state index contributed by atoms with van der Waals surface area (Å²) in [5.41, 5.74) is 0. The fourth-order valence-electron chi connectivity index (χ4n) is 3.07. The zero-order valence-electron chi connectivity index (χ0n) is 16.3. The summed E-state index contributed by atoms with van der Waals surface area (Å²) in [4.78, 5) is 11.4. The lowest BCUT2D eigenvalue weighted by molar-refractivity contribution is 0.282. The quantitative estimate of drug-likeness (QED) is 0.246. The Morgan fingerprint density at radius 2 is 1.92 bits per heavy atom. The van der Waals surface area contributed by atoms with Gasteiger partial charge in [-0.3, -0.25) is 4.99 Å². The number of halogens is 1. The van der Waals surface area contributed by atoms with E-state index in [0.29, 0.717) is 11.7 Å². The molecule has 0 atom stereocenters. The fraction of sp³-hybridized carbons (Fsp3) is 0.833. The van der Waals surface area contributed by atoms with Crippen molar-refractivity contribution >= 4 is 29.9 Å². The van der Waals surface area contributed by atoms with Gasteiger partial charge in [-0.1, -0.05) is 18.0 Å². The molecule has 2 rings (SSSR count). The number of hydrogen-bond donors (Lipinski definition) is 2. The van der Waals surface area contributed by atoms with E-state index in [4.69, 9.17) is 4.52 Å². The van der Waals surface area contributed by atoms with E-state index in [0.717, 1.165) is 44.9 Å². The van der Waals surface area contributed by atoms with Gasteiger partial charge in [0.1, 0.15) is 0 Å². The lowest BCUT2D eigenvalue weighted by atomic mass is 10.2. The number of likely N-dealkylation sites (tertiary alicyclic amines) is 1. The largest absolute Gasteiger partial charge is 0.357 e. The van der Waals surface area contributed by atoms with Gasteiger partial charge in [-0.2, -0.15) is 4.98 Å². The highest BCUT2D eigenvalue weighted by molar-refractivity contribution is 14.0. The first-order valence-corrected chi connectivity index (χ1v) is 9.81.